The number of amides is 1. The number of thioether (sulfide) groups is 1. The molecule has 0 aliphatic heterocycles. The predicted molar refractivity (Wildman–Crippen MR) is 86.0 cm³/mol. The van der Waals surface area contributed by atoms with Crippen molar-refractivity contribution in [3.8, 4) is 0 Å². The number of benzene rings is 2. The molecular weight excluding hydrogens is 282 g/mol. The van der Waals surface area contributed by atoms with Gasteiger partial charge in [0.05, 0.1) is 6.61 Å². The summed E-state index contributed by atoms with van der Waals surface area (Å²) in [6.45, 7) is 0.526. The maximum absolute atomic E-state index is 11.8. The number of rotatable bonds is 7. The Kier molecular flexibility index (Phi) is 6.31. The van der Waals surface area contributed by atoms with Crippen molar-refractivity contribution >= 4 is 17.7 Å². The van der Waals surface area contributed by atoms with Crippen LogP contribution in [0.1, 0.15) is 17.5 Å². The molecule has 0 bridgehead atoms. The lowest BCUT2D eigenvalue weighted by Gasteiger charge is -2.06. The van der Waals surface area contributed by atoms with Crippen LogP contribution >= 0.6 is 11.8 Å². The monoisotopic (exact) mass is 301 g/mol. The zero-order chi connectivity index (χ0) is 14.9. The fourth-order valence-electron chi connectivity index (χ4n) is 1.91. The van der Waals surface area contributed by atoms with Gasteiger partial charge in [-0.3, -0.25) is 4.79 Å². The third-order valence-corrected chi connectivity index (χ3v) is 4.02. The first-order valence-electron chi connectivity index (χ1n) is 6.91. The van der Waals surface area contributed by atoms with E-state index in [0.717, 1.165) is 16.9 Å². The Morgan fingerprint density at radius 1 is 1.05 bits per heavy atom. The largest absolute Gasteiger partial charge is 0.392 e. The molecule has 4 heteroatoms. The minimum Gasteiger partial charge on any atom is -0.392 e. The van der Waals surface area contributed by atoms with Crippen LogP contribution in [0.25, 0.3) is 0 Å². The molecule has 0 aromatic heterocycles. The number of nitrogens with one attached hydrogen (secondary N) is 1. The summed E-state index contributed by atoms with van der Waals surface area (Å²) in [4.78, 5) is 13.0. The summed E-state index contributed by atoms with van der Waals surface area (Å²) in [6, 6.07) is 17.7. The quantitative estimate of drug-likeness (QED) is 0.773. The molecule has 0 radical (unpaired) electrons. The van der Waals surface area contributed by atoms with Gasteiger partial charge in [0.2, 0.25) is 5.91 Å². The lowest BCUT2D eigenvalue weighted by atomic mass is 10.1. The van der Waals surface area contributed by atoms with Crippen LogP contribution in [0.15, 0.2) is 59.5 Å². The van der Waals surface area contributed by atoms with Crippen molar-refractivity contribution in [3.05, 3.63) is 65.7 Å². The van der Waals surface area contributed by atoms with E-state index >= 15 is 0 Å². The summed E-state index contributed by atoms with van der Waals surface area (Å²) in [7, 11) is 0. The van der Waals surface area contributed by atoms with E-state index in [1.165, 1.54) is 4.90 Å². The molecule has 1 amide bonds. The second-order valence-electron chi connectivity index (χ2n) is 4.67. The Bertz CT molecular complexity index is 572. The van der Waals surface area contributed by atoms with Crippen molar-refractivity contribution in [2.45, 2.75) is 24.5 Å². The smallest absolute Gasteiger partial charge is 0.221 e. The number of carbonyl (C=O) groups is 1. The molecular formula is C17H19NO2S. The van der Waals surface area contributed by atoms with Gasteiger partial charge in [-0.2, -0.15) is 0 Å². The van der Waals surface area contributed by atoms with Crippen LogP contribution in [0.4, 0.5) is 0 Å². The van der Waals surface area contributed by atoms with E-state index in [4.69, 9.17) is 5.11 Å². The summed E-state index contributed by atoms with van der Waals surface area (Å²) >= 11 is 1.68. The normalized spacial score (nSPS) is 10.3. The van der Waals surface area contributed by atoms with Gasteiger partial charge in [-0.05, 0) is 23.3 Å². The molecule has 0 spiro atoms. The second kappa shape index (κ2) is 8.49. The number of aliphatic hydroxyl groups excluding tert-OH is 1. The molecule has 110 valence electrons. The van der Waals surface area contributed by atoms with E-state index in [2.05, 4.69) is 5.32 Å². The Morgan fingerprint density at radius 3 is 2.57 bits per heavy atom. The fraction of sp³-hybridized carbons (Fsp3) is 0.235. The fourth-order valence-corrected chi connectivity index (χ4v) is 2.78. The Labute approximate surface area is 129 Å². The van der Waals surface area contributed by atoms with Crippen molar-refractivity contribution in [2.75, 3.05) is 5.75 Å². The average Bonchev–Trinajstić information content (AvgIpc) is 2.54. The molecule has 2 aromatic carbocycles. The predicted octanol–water partition coefficient (Wildman–Crippen LogP) is 2.98. The van der Waals surface area contributed by atoms with E-state index in [-0.39, 0.29) is 12.5 Å². The zero-order valence-electron chi connectivity index (χ0n) is 11.8. The third kappa shape index (κ3) is 5.61. The maximum Gasteiger partial charge on any atom is 0.221 e. The summed E-state index contributed by atoms with van der Waals surface area (Å²) in [5.74, 6) is 0.819. The molecule has 3 nitrogen and oxygen atoms in total. The number of aliphatic hydroxyl groups is 1. The van der Waals surface area contributed by atoms with E-state index in [9.17, 15) is 4.79 Å². The van der Waals surface area contributed by atoms with Gasteiger partial charge in [-0.15, -0.1) is 11.8 Å². The van der Waals surface area contributed by atoms with E-state index in [1.54, 1.807) is 11.8 Å². The summed E-state index contributed by atoms with van der Waals surface area (Å²) < 4.78 is 0. The topological polar surface area (TPSA) is 49.3 Å². The van der Waals surface area contributed by atoms with Gasteiger partial charge in [-0.1, -0.05) is 42.5 Å². The Balaban J connectivity index is 1.70. The first kappa shape index (κ1) is 15.6. The van der Waals surface area contributed by atoms with Crippen LogP contribution in [0.5, 0.6) is 0 Å². The van der Waals surface area contributed by atoms with Crippen LogP contribution in [0.2, 0.25) is 0 Å². The SMILES string of the molecule is O=C(CCSc1ccccc1)NCc1cccc(CO)c1. The molecule has 2 N–H and O–H groups in total. The first-order valence-corrected chi connectivity index (χ1v) is 7.90. The highest BCUT2D eigenvalue weighted by Crippen LogP contribution is 2.17. The van der Waals surface area contributed by atoms with Crippen LogP contribution in [-0.4, -0.2) is 16.8 Å². The highest BCUT2D eigenvalue weighted by atomic mass is 32.2. The highest BCUT2D eigenvalue weighted by Gasteiger charge is 2.02. The molecule has 2 rings (SSSR count). The molecule has 0 aliphatic carbocycles. The Hall–Kier alpha value is -1.78. The molecule has 2 aromatic rings. The average molecular weight is 301 g/mol. The number of hydrogen-bond acceptors (Lipinski definition) is 3. The van der Waals surface area contributed by atoms with Crippen molar-refractivity contribution in [1.29, 1.82) is 0 Å². The summed E-state index contributed by atoms with van der Waals surface area (Å²) in [5.41, 5.74) is 1.87. The molecule has 0 saturated heterocycles. The van der Waals surface area contributed by atoms with Crippen molar-refractivity contribution in [3.63, 3.8) is 0 Å². The summed E-state index contributed by atoms with van der Waals surface area (Å²) in [5, 5.41) is 12.0. The molecule has 0 fully saturated rings. The highest BCUT2D eigenvalue weighted by molar-refractivity contribution is 7.99. The molecule has 0 atom stereocenters. The van der Waals surface area contributed by atoms with E-state index < -0.39 is 0 Å². The molecule has 0 aliphatic rings. The lowest BCUT2D eigenvalue weighted by molar-refractivity contribution is -0.120. The van der Waals surface area contributed by atoms with Crippen LogP contribution in [0, 0.1) is 0 Å². The molecule has 21 heavy (non-hydrogen) atoms. The van der Waals surface area contributed by atoms with Gasteiger partial charge < -0.3 is 10.4 Å². The minimum atomic E-state index is 0.0233. The van der Waals surface area contributed by atoms with Crippen molar-refractivity contribution < 1.29 is 9.90 Å². The van der Waals surface area contributed by atoms with Gasteiger partial charge in [0.1, 0.15) is 0 Å². The standard InChI is InChI=1S/C17H19NO2S/c19-13-15-6-4-5-14(11-15)12-18-17(20)9-10-21-16-7-2-1-3-8-16/h1-8,11,19H,9-10,12-13H2,(H,18,20). The Morgan fingerprint density at radius 2 is 1.81 bits per heavy atom. The van der Waals surface area contributed by atoms with Crippen LogP contribution in [0.3, 0.4) is 0 Å². The van der Waals surface area contributed by atoms with Gasteiger partial charge >= 0.3 is 0 Å². The minimum absolute atomic E-state index is 0.0233. The zero-order valence-corrected chi connectivity index (χ0v) is 12.6. The van der Waals surface area contributed by atoms with Gasteiger partial charge in [0.15, 0.2) is 0 Å². The van der Waals surface area contributed by atoms with Gasteiger partial charge in [0.25, 0.3) is 0 Å². The lowest BCUT2D eigenvalue weighted by Crippen LogP contribution is -2.23. The molecule has 0 saturated carbocycles. The van der Waals surface area contributed by atoms with Gasteiger partial charge in [0, 0.05) is 23.6 Å². The van der Waals surface area contributed by atoms with E-state index in [0.29, 0.717) is 13.0 Å². The van der Waals surface area contributed by atoms with Crippen molar-refractivity contribution in [1.82, 2.24) is 5.32 Å². The van der Waals surface area contributed by atoms with Crippen LogP contribution in [-0.2, 0) is 17.9 Å². The van der Waals surface area contributed by atoms with Crippen LogP contribution < -0.4 is 5.32 Å². The first-order chi connectivity index (χ1) is 10.3. The second-order valence-corrected chi connectivity index (χ2v) is 5.83. The number of hydrogen-bond donors (Lipinski definition) is 2. The maximum atomic E-state index is 11.8. The number of carbonyl (C=O) groups excluding carboxylic acids is 1. The van der Waals surface area contributed by atoms with E-state index in [1.807, 2.05) is 54.6 Å². The summed E-state index contributed by atoms with van der Waals surface area (Å²) in [6.07, 6.45) is 0.499. The van der Waals surface area contributed by atoms with Gasteiger partial charge in [-0.25, -0.2) is 0 Å². The molecule has 0 unspecified atom stereocenters. The van der Waals surface area contributed by atoms with Crippen molar-refractivity contribution in [2.24, 2.45) is 0 Å². The molecule has 0 heterocycles. The third-order valence-electron chi connectivity index (χ3n) is 3.00.